The minimum Gasteiger partial charge on any atom is -0.396 e. The molecule has 2 unspecified atom stereocenters. The third kappa shape index (κ3) is 4.39. The number of morpholine rings is 1. The van der Waals surface area contributed by atoms with E-state index in [0.29, 0.717) is 26.1 Å². The first-order chi connectivity index (χ1) is 8.78. The van der Waals surface area contributed by atoms with Gasteiger partial charge in [-0.25, -0.2) is 0 Å². The van der Waals surface area contributed by atoms with Crippen LogP contribution in [0.1, 0.15) is 34.1 Å². The molecule has 0 aliphatic carbocycles. The maximum absolute atomic E-state index is 12.6. The van der Waals surface area contributed by atoms with E-state index in [1.165, 1.54) is 8.61 Å². The van der Waals surface area contributed by atoms with Gasteiger partial charge < -0.3 is 9.84 Å². The van der Waals surface area contributed by atoms with Crippen LogP contribution in [-0.2, 0) is 14.9 Å². The Bertz CT molecular complexity index is 362. The molecule has 114 valence electrons. The molecule has 0 aromatic carbocycles. The van der Waals surface area contributed by atoms with E-state index in [2.05, 4.69) is 0 Å². The second-order valence-corrected chi connectivity index (χ2v) is 7.24. The maximum atomic E-state index is 12.6. The molecule has 19 heavy (non-hydrogen) atoms. The van der Waals surface area contributed by atoms with Crippen LogP contribution in [0.3, 0.4) is 0 Å². The Morgan fingerprint density at radius 3 is 2.26 bits per heavy atom. The Labute approximate surface area is 116 Å². The molecular weight excluding hydrogens is 268 g/mol. The fraction of sp³-hybridized carbons (Fsp3) is 1.00. The van der Waals surface area contributed by atoms with E-state index in [9.17, 15) is 8.42 Å². The largest absolute Gasteiger partial charge is 0.396 e. The quantitative estimate of drug-likeness (QED) is 0.771. The number of nitrogens with zero attached hydrogens (tertiary/aromatic N) is 2. The molecule has 0 amide bonds. The molecule has 0 radical (unpaired) electrons. The molecule has 7 heteroatoms. The molecule has 2 atom stereocenters. The van der Waals surface area contributed by atoms with Crippen molar-refractivity contribution in [2.24, 2.45) is 0 Å². The molecule has 6 nitrogen and oxygen atoms in total. The lowest BCUT2D eigenvalue weighted by Crippen LogP contribution is -2.54. The fourth-order valence-corrected chi connectivity index (χ4v) is 4.32. The van der Waals surface area contributed by atoms with Gasteiger partial charge in [-0.15, -0.1) is 0 Å². The van der Waals surface area contributed by atoms with Crippen molar-refractivity contribution >= 4 is 10.2 Å². The van der Waals surface area contributed by atoms with Gasteiger partial charge in [0, 0.05) is 32.3 Å². The van der Waals surface area contributed by atoms with Gasteiger partial charge in [-0.3, -0.25) is 0 Å². The smallest absolute Gasteiger partial charge is 0.282 e. The van der Waals surface area contributed by atoms with Crippen molar-refractivity contribution in [3.63, 3.8) is 0 Å². The molecule has 1 aliphatic heterocycles. The van der Waals surface area contributed by atoms with E-state index < -0.39 is 10.2 Å². The monoisotopic (exact) mass is 294 g/mol. The summed E-state index contributed by atoms with van der Waals surface area (Å²) < 4.78 is 33.8. The number of hydrogen-bond donors (Lipinski definition) is 1. The zero-order valence-electron chi connectivity index (χ0n) is 12.2. The van der Waals surface area contributed by atoms with Gasteiger partial charge in [-0.2, -0.15) is 17.0 Å². The van der Waals surface area contributed by atoms with Crippen molar-refractivity contribution in [1.82, 2.24) is 8.61 Å². The van der Waals surface area contributed by atoms with Crippen molar-refractivity contribution in [1.29, 1.82) is 0 Å². The second-order valence-electron chi connectivity index (χ2n) is 5.36. The average Bonchev–Trinajstić information content (AvgIpc) is 2.27. The normalized spacial score (nSPS) is 26.3. The summed E-state index contributed by atoms with van der Waals surface area (Å²) in [6.07, 6.45) is 0.267. The Kier molecular flexibility index (Phi) is 6.19. The Hall–Kier alpha value is -0.210. The standard InChI is InChI=1S/C12H26N2O4S/c1-10(2)14(6-5-7-15)19(16,17)13-8-11(3)18-12(4)9-13/h10-12,15H,5-9H2,1-4H3. The molecule has 0 bridgehead atoms. The van der Waals surface area contributed by atoms with Crippen molar-refractivity contribution in [2.75, 3.05) is 26.2 Å². The molecule has 1 fully saturated rings. The lowest BCUT2D eigenvalue weighted by molar-refractivity contribution is -0.0457. The number of aliphatic hydroxyl groups excluding tert-OH is 1. The molecule has 0 saturated carbocycles. The van der Waals surface area contributed by atoms with Crippen molar-refractivity contribution in [3.05, 3.63) is 0 Å². The molecule has 1 aliphatic rings. The molecule has 1 rings (SSSR count). The first kappa shape index (κ1) is 16.8. The Morgan fingerprint density at radius 2 is 1.84 bits per heavy atom. The summed E-state index contributed by atoms with van der Waals surface area (Å²) >= 11 is 0. The van der Waals surface area contributed by atoms with Crippen LogP contribution in [0.5, 0.6) is 0 Å². The topological polar surface area (TPSA) is 70.1 Å². The lowest BCUT2D eigenvalue weighted by atomic mass is 10.3. The van der Waals surface area contributed by atoms with E-state index in [4.69, 9.17) is 9.84 Å². The van der Waals surface area contributed by atoms with Gasteiger partial charge in [0.2, 0.25) is 0 Å². The van der Waals surface area contributed by atoms with E-state index in [1.807, 2.05) is 27.7 Å². The number of aliphatic hydroxyl groups is 1. The van der Waals surface area contributed by atoms with Crippen molar-refractivity contribution < 1.29 is 18.3 Å². The third-order valence-electron chi connectivity index (χ3n) is 3.12. The van der Waals surface area contributed by atoms with E-state index in [-0.39, 0.29) is 24.9 Å². The third-order valence-corrected chi connectivity index (χ3v) is 5.27. The zero-order valence-corrected chi connectivity index (χ0v) is 13.1. The van der Waals surface area contributed by atoms with Crippen molar-refractivity contribution in [3.8, 4) is 0 Å². The van der Waals surface area contributed by atoms with E-state index in [0.717, 1.165) is 0 Å². The average molecular weight is 294 g/mol. The van der Waals surface area contributed by atoms with Crippen LogP contribution in [0.4, 0.5) is 0 Å². The summed E-state index contributed by atoms with van der Waals surface area (Å²) in [5.74, 6) is 0. The van der Waals surface area contributed by atoms with Gasteiger partial charge in [0.1, 0.15) is 0 Å². The van der Waals surface area contributed by atoms with Gasteiger partial charge in [-0.05, 0) is 34.1 Å². The van der Waals surface area contributed by atoms with Crippen LogP contribution in [0, 0.1) is 0 Å². The molecule has 1 saturated heterocycles. The molecule has 0 aromatic heterocycles. The molecular formula is C12H26N2O4S. The van der Waals surface area contributed by atoms with E-state index >= 15 is 0 Å². The van der Waals surface area contributed by atoms with Crippen LogP contribution in [0.25, 0.3) is 0 Å². The summed E-state index contributed by atoms with van der Waals surface area (Å²) in [6.45, 7) is 8.57. The SMILES string of the molecule is CC1CN(S(=O)(=O)N(CCCO)C(C)C)CC(C)O1. The number of ether oxygens (including phenoxy) is 1. The predicted molar refractivity (Wildman–Crippen MR) is 74.0 cm³/mol. The molecule has 0 aromatic rings. The highest BCUT2D eigenvalue weighted by molar-refractivity contribution is 7.86. The van der Waals surface area contributed by atoms with Gasteiger partial charge in [0.25, 0.3) is 10.2 Å². The first-order valence-corrected chi connectivity index (χ1v) is 8.22. The summed E-state index contributed by atoms with van der Waals surface area (Å²) in [5.41, 5.74) is 0. The van der Waals surface area contributed by atoms with Crippen LogP contribution in [0.2, 0.25) is 0 Å². The summed E-state index contributed by atoms with van der Waals surface area (Å²) in [4.78, 5) is 0. The van der Waals surface area contributed by atoms with Crippen LogP contribution in [0.15, 0.2) is 0 Å². The fourth-order valence-electron chi connectivity index (χ4n) is 2.33. The zero-order chi connectivity index (χ0) is 14.6. The van der Waals surface area contributed by atoms with Gasteiger partial charge >= 0.3 is 0 Å². The second kappa shape index (κ2) is 6.99. The number of hydrogen-bond acceptors (Lipinski definition) is 4. The highest BCUT2D eigenvalue weighted by atomic mass is 32.2. The van der Waals surface area contributed by atoms with Crippen LogP contribution in [-0.4, -0.2) is 66.6 Å². The summed E-state index contributed by atoms with van der Waals surface area (Å²) in [6, 6.07) is -0.120. The summed E-state index contributed by atoms with van der Waals surface area (Å²) in [7, 11) is -3.49. The van der Waals surface area contributed by atoms with Crippen LogP contribution >= 0.6 is 0 Å². The Balaban J connectivity index is 2.86. The molecule has 0 spiro atoms. The predicted octanol–water partition coefficient (Wildman–Crippen LogP) is 0.433. The van der Waals surface area contributed by atoms with Gasteiger partial charge in [0.05, 0.1) is 12.2 Å². The van der Waals surface area contributed by atoms with E-state index in [1.54, 1.807) is 0 Å². The Morgan fingerprint density at radius 1 is 1.32 bits per heavy atom. The minimum absolute atomic E-state index is 0.00530. The first-order valence-electron chi connectivity index (χ1n) is 6.82. The highest BCUT2D eigenvalue weighted by Gasteiger charge is 2.36. The lowest BCUT2D eigenvalue weighted by Gasteiger charge is -2.38. The minimum atomic E-state index is -3.49. The summed E-state index contributed by atoms with van der Waals surface area (Å²) in [5, 5.41) is 8.90. The van der Waals surface area contributed by atoms with Gasteiger partial charge in [0.15, 0.2) is 0 Å². The maximum Gasteiger partial charge on any atom is 0.282 e. The van der Waals surface area contributed by atoms with Gasteiger partial charge in [-0.1, -0.05) is 0 Å². The highest BCUT2D eigenvalue weighted by Crippen LogP contribution is 2.19. The van der Waals surface area contributed by atoms with Crippen molar-refractivity contribution in [2.45, 2.75) is 52.4 Å². The molecule has 1 heterocycles. The molecule has 1 N–H and O–H groups in total. The van der Waals surface area contributed by atoms with Crippen LogP contribution < -0.4 is 0 Å². The number of rotatable bonds is 6.